The van der Waals surface area contributed by atoms with Crippen LogP contribution in [-0.4, -0.2) is 21.4 Å². The van der Waals surface area contributed by atoms with Crippen LogP contribution in [0, 0.1) is 0 Å². The third-order valence-corrected chi connectivity index (χ3v) is 4.43. The van der Waals surface area contributed by atoms with Gasteiger partial charge >= 0.3 is 5.97 Å². The summed E-state index contributed by atoms with van der Waals surface area (Å²) in [5.41, 5.74) is 2.46. The lowest BCUT2D eigenvalue weighted by atomic mass is 10.1. The number of rotatable bonds is 4. The molecule has 1 atom stereocenters. The van der Waals surface area contributed by atoms with E-state index in [1.54, 1.807) is 0 Å². The van der Waals surface area contributed by atoms with E-state index in [1.165, 1.54) is 6.92 Å². The Morgan fingerprint density at radius 3 is 2.59 bits per heavy atom. The minimum Gasteiger partial charge on any atom is -0.480 e. The van der Waals surface area contributed by atoms with Gasteiger partial charge in [-0.1, -0.05) is 36.0 Å². The van der Waals surface area contributed by atoms with E-state index in [2.05, 4.69) is 0 Å². The summed E-state index contributed by atoms with van der Waals surface area (Å²) >= 11 is 0.852. The van der Waals surface area contributed by atoms with Crippen LogP contribution in [-0.2, 0) is 16.0 Å². The molecule has 0 saturated heterocycles. The lowest BCUT2D eigenvalue weighted by Gasteiger charge is -2.09. The van der Waals surface area contributed by atoms with E-state index in [1.807, 2.05) is 42.5 Å². The third kappa shape index (κ3) is 2.85. The zero-order valence-corrected chi connectivity index (χ0v) is 12.7. The maximum absolute atomic E-state index is 11.3. The first-order valence-electron chi connectivity index (χ1n) is 6.85. The van der Waals surface area contributed by atoms with Crippen LogP contribution in [0.15, 0.2) is 46.9 Å². The molecule has 3 rings (SSSR count). The molecule has 0 saturated carbocycles. The fourth-order valence-electron chi connectivity index (χ4n) is 2.49. The van der Waals surface area contributed by atoms with E-state index in [0.29, 0.717) is 6.42 Å². The van der Waals surface area contributed by atoms with Gasteiger partial charge < -0.3 is 9.52 Å². The van der Waals surface area contributed by atoms with Crippen LogP contribution >= 0.6 is 11.8 Å². The van der Waals surface area contributed by atoms with E-state index >= 15 is 0 Å². The third-order valence-electron chi connectivity index (χ3n) is 3.45. The molecular formula is C17H14O4S. The highest BCUT2D eigenvalue weighted by Gasteiger charge is 2.21. The molecule has 112 valence electrons. The van der Waals surface area contributed by atoms with Crippen LogP contribution in [0.2, 0.25) is 0 Å². The molecule has 0 aliphatic heterocycles. The van der Waals surface area contributed by atoms with Crippen LogP contribution < -0.4 is 0 Å². The number of fused-ring (bicyclic) bond motifs is 3. The Bertz CT molecular complexity index is 865. The summed E-state index contributed by atoms with van der Waals surface area (Å²) in [5.74, 6) is -0.975. The molecule has 5 heteroatoms. The lowest BCUT2D eigenvalue weighted by Crippen LogP contribution is -2.20. The summed E-state index contributed by atoms with van der Waals surface area (Å²) in [6, 6.07) is 13.4. The number of hydrogen-bond donors (Lipinski definition) is 1. The Morgan fingerprint density at radius 1 is 1.14 bits per heavy atom. The largest absolute Gasteiger partial charge is 0.480 e. The van der Waals surface area contributed by atoms with Crippen molar-refractivity contribution in [2.45, 2.75) is 18.6 Å². The summed E-state index contributed by atoms with van der Waals surface area (Å²) in [7, 11) is 0. The standard InChI is InChI=1S/C17H14O4S/c1-10(18)22-16(17(19)20)9-11-6-7-15-13(8-11)12-4-2-3-5-14(12)21-15/h2-8,16H,9H2,1H3,(H,19,20)/t16-/m0/s1. The van der Waals surface area contributed by atoms with E-state index < -0.39 is 11.2 Å². The number of carboxylic acids is 1. The van der Waals surface area contributed by atoms with Crippen molar-refractivity contribution in [2.75, 3.05) is 0 Å². The molecule has 0 fully saturated rings. The highest BCUT2D eigenvalue weighted by atomic mass is 32.2. The monoisotopic (exact) mass is 314 g/mol. The molecular weight excluding hydrogens is 300 g/mol. The van der Waals surface area contributed by atoms with Gasteiger partial charge in [-0.15, -0.1) is 0 Å². The average molecular weight is 314 g/mol. The predicted molar refractivity (Wildman–Crippen MR) is 87.1 cm³/mol. The second-order valence-electron chi connectivity index (χ2n) is 5.07. The van der Waals surface area contributed by atoms with Gasteiger partial charge in [0.2, 0.25) is 0 Å². The first-order valence-corrected chi connectivity index (χ1v) is 7.73. The van der Waals surface area contributed by atoms with E-state index in [9.17, 15) is 14.7 Å². The van der Waals surface area contributed by atoms with Crippen molar-refractivity contribution in [3.8, 4) is 0 Å². The molecule has 0 amide bonds. The molecule has 0 spiro atoms. The van der Waals surface area contributed by atoms with E-state index in [0.717, 1.165) is 39.3 Å². The average Bonchev–Trinajstić information content (AvgIpc) is 2.84. The predicted octanol–water partition coefficient (Wildman–Crippen LogP) is 3.86. The number of carbonyl (C=O) groups is 2. The van der Waals surface area contributed by atoms with Crippen LogP contribution in [0.5, 0.6) is 0 Å². The first-order chi connectivity index (χ1) is 10.5. The number of carboxylic acid groups (broad SMARTS) is 1. The number of aliphatic carboxylic acids is 1. The van der Waals surface area contributed by atoms with Gasteiger partial charge in [-0.2, -0.15) is 0 Å². The molecule has 0 radical (unpaired) electrons. The number of hydrogen-bond acceptors (Lipinski definition) is 4. The molecule has 1 N–H and O–H groups in total. The minimum absolute atomic E-state index is 0.192. The summed E-state index contributed by atoms with van der Waals surface area (Å²) in [6.07, 6.45) is 0.301. The molecule has 0 bridgehead atoms. The van der Waals surface area contributed by atoms with Crippen molar-refractivity contribution < 1.29 is 19.1 Å². The molecule has 1 heterocycles. The molecule has 2 aromatic carbocycles. The molecule has 0 aliphatic carbocycles. The van der Waals surface area contributed by atoms with Crippen molar-refractivity contribution in [3.05, 3.63) is 48.0 Å². The summed E-state index contributed by atoms with van der Waals surface area (Å²) < 4.78 is 5.75. The number of thioether (sulfide) groups is 1. The van der Waals surface area contributed by atoms with Gasteiger partial charge in [-0.25, -0.2) is 0 Å². The quantitative estimate of drug-likeness (QED) is 0.792. The van der Waals surface area contributed by atoms with Gasteiger partial charge in [0.1, 0.15) is 16.4 Å². The summed E-state index contributed by atoms with van der Waals surface area (Å²) in [5, 5.41) is 10.2. The first kappa shape index (κ1) is 14.7. The van der Waals surface area contributed by atoms with Crippen LogP contribution in [0.4, 0.5) is 0 Å². The minimum atomic E-state index is -0.975. The maximum atomic E-state index is 11.3. The number of furan rings is 1. The SMILES string of the molecule is CC(=O)S[C@@H](Cc1ccc2oc3ccccc3c2c1)C(=O)O. The van der Waals surface area contributed by atoms with Crippen molar-refractivity contribution in [3.63, 3.8) is 0 Å². The second-order valence-corrected chi connectivity index (χ2v) is 6.45. The van der Waals surface area contributed by atoms with Crippen LogP contribution in [0.25, 0.3) is 21.9 Å². The van der Waals surface area contributed by atoms with Crippen molar-refractivity contribution in [1.29, 1.82) is 0 Å². The molecule has 4 nitrogen and oxygen atoms in total. The fourth-order valence-corrected chi connectivity index (χ4v) is 3.27. The van der Waals surface area contributed by atoms with Gasteiger partial charge in [0.25, 0.3) is 0 Å². The van der Waals surface area contributed by atoms with Crippen molar-refractivity contribution >= 4 is 44.8 Å². The van der Waals surface area contributed by atoms with E-state index in [-0.39, 0.29) is 5.12 Å². The maximum Gasteiger partial charge on any atom is 0.317 e. The number of benzene rings is 2. The number of carbonyl (C=O) groups excluding carboxylic acids is 1. The normalized spacial score (nSPS) is 12.6. The van der Waals surface area contributed by atoms with Gasteiger partial charge in [-0.05, 0) is 30.2 Å². The Kier molecular flexibility index (Phi) is 3.90. The number of para-hydroxylation sites is 1. The van der Waals surface area contributed by atoms with Gasteiger partial charge in [-0.3, -0.25) is 9.59 Å². The Labute approximate surface area is 131 Å². The molecule has 0 aliphatic rings. The zero-order chi connectivity index (χ0) is 15.7. The Balaban J connectivity index is 1.98. The van der Waals surface area contributed by atoms with Gasteiger partial charge in [0.05, 0.1) is 0 Å². The Hall–Kier alpha value is -2.27. The van der Waals surface area contributed by atoms with E-state index in [4.69, 9.17) is 4.42 Å². The topological polar surface area (TPSA) is 67.5 Å². The Morgan fingerprint density at radius 2 is 1.86 bits per heavy atom. The van der Waals surface area contributed by atoms with Crippen LogP contribution in [0.3, 0.4) is 0 Å². The second kappa shape index (κ2) is 5.85. The molecule has 3 aromatic rings. The molecule has 22 heavy (non-hydrogen) atoms. The van der Waals surface area contributed by atoms with Crippen molar-refractivity contribution in [1.82, 2.24) is 0 Å². The lowest BCUT2D eigenvalue weighted by molar-refractivity contribution is -0.136. The summed E-state index contributed by atoms with van der Waals surface area (Å²) in [4.78, 5) is 22.5. The summed E-state index contributed by atoms with van der Waals surface area (Å²) in [6.45, 7) is 1.38. The zero-order valence-electron chi connectivity index (χ0n) is 11.9. The highest BCUT2D eigenvalue weighted by molar-refractivity contribution is 8.14. The van der Waals surface area contributed by atoms with Gasteiger partial charge in [0.15, 0.2) is 5.12 Å². The molecule has 1 aromatic heterocycles. The smallest absolute Gasteiger partial charge is 0.317 e. The van der Waals surface area contributed by atoms with Gasteiger partial charge in [0, 0.05) is 17.7 Å². The van der Waals surface area contributed by atoms with Crippen LogP contribution in [0.1, 0.15) is 12.5 Å². The fraction of sp³-hybridized carbons (Fsp3) is 0.176. The highest BCUT2D eigenvalue weighted by Crippen LogP contribution is 2.30. The van der Waals surface area contributed by atoms with Crippen molar-refractivity contribution in [2.24, 2.45) is 0 Å². The molecule has 0 unspecified atom stereocenters.